The van der Waals surface area contributed by atoms with Crippen LogP contribution in [0.1, 0.15) is 10.4 Å². The SMILES string of the molecule is O=C(C[NH2+]Cc1cccs1)N1CCc2ccccc21. The molecule has 0 spiro atoms. The average Bonchev–Trinajstić information content (AvgIpc) is 3.07. The van der Waals surface area contributed by atoms with Gasteiger partial charge in [0, 0.05) is 12.2 Å². The first-order valence-electron chi connectivity index (χ1n) is 6.57. The van der Waals surface area contributed by atoms with Crippen LogP contribution >= 0.6 is 11.3 Å². The fraction of sp³-hybridized carbons (Fsp3) is 0.267. The highest BCUT2D eigenvalue weighted by Gasteiger charge is 2.24. The molecule has 98 valence electrons. The molecule has 1 aliphatic rings. The fourth-order valence-electron chi connectivity index (χ4n) is 2.47. The molecule has 0 atom stereocenters. The Morgan fingerprint density at radius 2 is 2.16 bits per heavy atom. The van der Waals surface area contributed by atoms with Crippen molar-refractivity contribution in [2.45, 2.75) is 13.0 Å². The number of hydrogen-bond acceptors (Lipinski definition) is 2. The lowest BCUT2D eigenvalue weighted by molar-refractivity contribution is -0.659. The van der Waals surface area contributed by atoms with Gasteiger partial charge in [-0.2, -0.15) is 0 Å². The third kappa shape index (κ3) is 2.69. The number of thiophene rings is 1. The van der Waals surface area contributed by atoms with Crippen LogP contribution in [0.5, 0.6) is 0 Å². The van der Waals surface area contributed by atoms with Crippen LogP contribution in [0.3, 0.4) is 0 Å². The number of fused-ring (bicyclic) bond motifs is 1. The van der Waals surface area contributed by atoms with Crippen molar-refractivity contribution in [2.75, 3.05) is 18.0 Å². The fourth-order valence-corrected chi connectivity index (χ4v) is 3.18. The van der Waals surface area contributed by atoms with E-state index in [1.54, 1.807) is 11.3 Å². The van der Waals surface area contributed by atoms with E-state index in [1.807, 2.05) is 29.2 Å². The second-order valence-electron chi connectivity index (χ2n) is 4.70. The summed E-state index contributed by atoms with van der Waals surface area (Å²) in [5.41, 5.74) is 2.38. The van der Waals surface area contributed by atoms with Crippen LogP contribution in [0.4, 0.5) is 5.69 Å². The molecule has 0 saturated carbocycles. The highest BCUT2D eigenvalue weighted by atomic mass is 32.1. The molecular weight excluding hydrogens is 256 g/mol. The molecule has 2 N–H and O–H groups in total. The topological polar surface area (TPSA) is 36.9 Å². The number of amides is 1. The zero-order valence-corrected chi connectivity index (χ0v) is 11.5. The number of carbonyl (C=O) groups is 1. The van der Waals surface area contributed by atoms with E-state index < -0.39 is 0 Å². The summed E-state index contributed by atoms with van der Waals surface area (Å²) in [6.07, 6.45) is 0.979. The zero-order chi connectivity index (χ0) is 13.1. The Balaban J connectivity index is 1.57. The van der Waals surface area contributed by atoms with Crippen LogP contribution in [-0.4, -0.2) is 19.0 Å². The zero-order valence-electron chi connectivity index (χ0n) is 10.7. The lowest BCUT2D eigenvalue weighted by atomic mass is 10.2. The molecule has 0 unspecified atom stereocenters. The van der Waals surface area contributed by atoms with Gasteiger partial charge in [0.15, 0.2) is 6.54 Å². The Labute approximate surface area is 116 Å². The molecule has 3 nitrogen and oxygen atoms in total. The predicted octanol–water partition coefficient (Wildman–Crippen LogP) is 1.40. The van der Waals surface area contributed by atoms with Gasteiger partial charge in [-0.1, -0.05) is 24.3 Å². The molecule has 0 bridgehead atoms. The summed E-state index contributed by atoms with van der Waals surface area (Å²) in [6, 6.07) is 12.3. The van der Waals surface area contributed by atoms with Gasteiger partial charge in [0.2, 0.25) is 0 Å². The van der Waals surface area contributed by atoms with Crippen LogP contribution in [0, 0.1) is 0 Å². The first-order chi connectivity index (χ1) is 9.34. The highest BCUT2D eigenvalue weighted by Crippen LogP contribution is 2.26. The van der Waals surface area contributed by atoms with Gasteiger partial charge in [-0.15, -0.1) is 11.3 Å². The van der Waals surface area contributed by atoms with Gasteiger partial charge in [0.05, 0.1) is 4.88 Å². The number of para-hydroxylation sites is 1. The van der Waals surface area contributed by atoms with Crippen molar-refractivity contribution in [3.8, 4) is 0 Å². The Morgan fingerprint density at radius 3 is 3.00 bits per heavy atom. The van der Waals surface area contributed by atoms with E-state index in [-0.39, 0.29) is 5.91 Å². The summed E-state index contributed by atoms with van der Waals surface area (Å²) >= 11 is 1.74. The van der Waals surface area contributed by atoms with Crippen molar-refractivity contribution in [2.24, 2.45) is 0 Å². The van der Waals surface area contributed by atoms with Crippen molar-refractivity contribution in [3.63, 3.8) is 0 Å². The average molecular weight is 273 g/mol. The number of benzene rings is 1. The van der Waals surface area contributed by atoms with E-state index in [2.05, 4.69) is 22.8 Å². The predicted molar refractivity (Wildman–Crippen MR) is 77.3 cm³/mol. The molecule has 3 rings (SSSR count). The lowest BCUT2D eigenvalue weighted by Crippen LogP contribution is -2.85. The second kappa shape index (κ2) is 5.55. The Hall–Kier alpha value is -1.65. The standard InChI is InChI=1S/C15H16N2OS/c18-15(11-16-10-13-5-3-9-19-13)17-8-7-12-4-1-2-6-14(12)17/h1-6,9,16H,7-8,10-11H2/p+1. The minimum absolute atomic E-state index is 0.210. The third-order valence-electron chi connectivity index (χ3n) is 3.43. The highest BCUT2D eigenvalue weighted by molar-refractivity contribution is 7.09. The monoisotopic (exact) mass is 273 g/mol. The molecule has 1 aliphatic heterocycles. The Bertz CT molecular complexity index is 565. The molecular formula is C15H17N2OS+. The van der Waals surface area contributed by atoms with Crippen molar-refractivity contribution >= 4 is 22.9 Å². The van der Waals surface area contributed by atoms with E-state index in [0.29, 0.717) is 6.54 Å². The van der Waals surface area contributed by atoms with E-state index >= 15 is 0 Å². The second-order valence-corrected chi connectivity index (χ2v) is 5.73. The van der Waals surface area contributed by atoms with Crippen LogP contribution in [0.15, 0.2) is 41.8 Å². The lowest BCUT2D eigenvalue weighted by Gasteiger charge is -2.16. The first-order valence-corrected chi connectivity index (χ1v) is 7.45. The van der Waals surface area contributed by atoms with Crippen molar-refractivity contribution in [1.82, 2.24) is 0 Å². The van der Waals surface area contributed by atoms with Crippen molar-refractivity contribution in [3.05, 3.63) is 52.2 Å². The number of anilines is 1. The van der Waals surface area contributed by atoms with Crippen LogP contribution in [0.25, 0.3) is 0 Å². The molecule has 0 aliphatic carbocycles. The molecule has 0 radical (unpaired) electrons. The molecule has 1 aromatic heterocycles. The van der Waals surface area contributed by atoms with E-state index in [0.717, 1.165) is 25.2 Å². The quantitative estimate of drug-likeness (QED) is 0.898. The summed E-state index contributed by atoms with van der Waals surface area (Å²) < 4.78 is 0. The maximum absolute atomic E-state index is 12.2. The molecule has 2 heterocycles. The van der Waals surface area contributed by atoms with E-state index in [1.165, 1.54) is 10.4 Å². The van der Waals surface area contributed by atoms with Crippen LogP contribution in [-0.2, 0) is 17.8 Å². The van der Waals surface area contributed by atoms with Gasteiger partial charge in [-0.25, -0.2) is 0 Å². The molecule has 1 aromatic carbocycles. The number of rotatable bonds is 4. The Kier molecular flexibility index (Phi) is 3.62. The smallest absolute Gasteiger partial charge is 0.282 e. The van der Waals surface area contributed by atoms with E-state index in [9.17, 15) is 4.79 Å². The summed E-state index contributed by atoms with van der Waals surface area (Å²) in [4.78, 5) is 15.5. The summed E-state index contributed by atoms with van der Waals surface area (Å²) in [5.74, 6) is 0.210. The molecule has 4 heteroatoms. The van der Waals surface area contributed by atoms with Gasteiger partial charge >= 0.3 is 0 Å². The maximum Gasteiger partial charge on any atom is 0.282 e. The van der Waals surface area contributed by atoms with Gasteiger partial charge in [-0.05, 0) is 29.5 Å². The summed E-state index contributed by atoms with van der Waals surface area (Å²) in [6.45, 7) is 2.23. The summed E-state index contributed by atoms with van der Waals surface area (Å²) in [7, 11) is 0. The van der Waals surface area contributed by atoms with E-state index in [4.69, 9.17) is 0 Å². The number of nitrogens with zero attached hydrogens (tertiary/aromatic N) is 1. The number of quaternary nitrogens is 1. The number of carbonyl (C=O) groups excluding carboxylic acids is 1. The number of nitrogens with two attached hydrogens (primary N) is 1. The first kappa shape index (κ1) is 12.4. The molecule has 1 amide bonds. The molecule has 0 saturated heterocycles. The van der Waals surface area contributed by atoms with Crippen molar-refractivity contribution in [1.29, 1.82) is 0 Å². The van der Waals surface area contributed by atoms with Crippen molar-refractivity contribution < 1.29 is 10.1 Å². The maximum atomic E-state index is 12.2. The molecule has 19 heavy (non-hydrogen) atoms. The minimum atomic E-state index is 0.210. The van der Waals surface area contributed by atoms with Crippen LogP contribution in [0.2, 0.25) is 0 Å². The third-order valence-corrected chi connectivity index (χ3v) is 4.33. The largest absolute Gasteiger partial charge is 0.334 e. The normalized spacial score (nSPS) is 13.6. The molecule has 0 fully saturated rings. The summed E-state index contributed by atoms with van der Waals surface area (Å²) in [5, 5.41) is 4.15. The Morgan fingerprint density at radius 1 is 1.26 bits per heavy atom. The van der Waals surface area contributed by atoms with Gasteiger partial charge < -0.3 is 10.2 Å². The van der Waals surface area contributed by atoms with Gasteiger partial charge in [-0.3, -0.25) is 4.79 Å². The number of hydrogen-bond donors (Lipinski definition) is 1. The van der Waals surface area contributed by atoms with Gasteiger partial charge in [0.25, 0.3) is 5.91 Å². The van der Waals surface area contributed by atoms with Crippen LogP contribution < -0.4 is 10.2 Å². The minimum Gasteiger partial charge on any atom is -0.334 e. The molecule has 2 aromatic rings. The van der Waals surface area contributed by atoms with Gasteiger partial charge in [0.1, 0.15) is 6.54 Å².